The summed E-state index contributed by atoms with van der Waals surface area (Å²) in [6.45, 7) is 15.5. The number of unbranched alkanes of at least 4 members (excludes halogenated alkanes) is 11. The second-order valence-electron chi connectivity index (χ2n) is 11.2. The first-order valence-corrected chi connectivity index (χ1v) is 12.4. The summed E-state index contributed by atoms with van der Waals surface area (Å²) in [5.74, 6) is 0.503. The summed E-state index contributed by atoms with van der Waals surface area (Å²) in [6.07, 6.45) is 17.8. The van der Waals surface area contributed by atoms with Gasteiger partial charge in [0.15, 0.2) is 0 Å². The maximum Gasteiger partial charge on any atom is 0.123 e. The number of aromatic hydroxyl groups is 1. The van der Waals surface area contributed by atoms with Crippen molar-refractivity contribution in [2.75, 3.05) is 0 Å². The molecule has 0 saturated carbocycles. The van der Waals surface area contributed by atoms with Crippen molar-refractivity contribution >= 4 is 0 Å². The molecule has 1 N–H and O–H groups in total. The second-order valence-corrected chi connectivity index (χ2v) is 11.2. The highest BCUT2D eigenvalue weighted by Crippen LogP contribution is 2.40. The standard InChI is InChI=1S/C28H50O/c1-8-9-10-11-12-13-14-15-16-17-18-19-20-23-21-24(27(2,3)4)26(29)25(22-23)28(5,6)7/h21-22,29H,8-20H2,1-7H3. The highest BCUT2D eigenvalue weighted by molar-refractivity contribution is 5.49. The first kappa shape index (κ1) is 26.1. The van der Waals surface area contributed by atoms with Crippen LogP contribution in [0.5, 0.6) is 5.75 Å². The lowest BCUT2D eigenvalue weighted by Crippen LogP contribution is -2.18. The van der Waals surface area contributed by atoms with Crippen LogP contribution in [0, 0.1) is 0 Å². The van der Waals surface area contributed by atoms with Gasteiger partial charge in [0.25, 0.3) is 0 Å². The Balaban J connectivity index is 2.39. The van der Waals surface area contributed by atoms with Crippen LogP contribution in [0.25, 0.3) is 0 Å². The number of hydrogen-bond donors (Lipinski definition) is 1. The van der Waals surface area contributed by atoms with Gasteiger partial charge < -0.3 is 5.11 Å². The molecule has 0 aromatic heterocycles. The molecule has 0 fully saturated rings. The van der Waals surface area contributed by atoms with Gasteiger partial charge >= 0.3 is 0 Å². The Morgan fingerprint density at radius 2 is 0.931 bits per heavy atom. The molecule has 1 aromatic carbocycles. The van der Waals surface area contributed by atoms with E-state index in [0.717, 1.165) is 17.5 Å². The van der Waals surface area contributed by atoms with Crippen LogP contribution in [-0.2, 0) is 17.3 Å². The minimum absolute atomic E-state index is 0.0311. The van der Waals surface area contributed by atoms with Gasteiger partial charge in [-0.3, -0.25) is 0 Å². The molecule has 168 valence electrons. The summed E-state index contributed by atoms with van der Waals surface area (Å²) in [5.41, 5.74) is 3.52. The third-order valence-corrected chi connectivity index (χ3v) is 6.10. The van der Waals surface area contributed by atoms with E-state index in [0.29, 0.717) is 5.75 Å². The van der Waals surface area contributed by atoms with Gasteiger partial charge in [-0.15, -0.1) is 0 Å². The second kappa shape index (κ2) is 12.7. The van der Waals surface area contributed by atoms with Crippen LogP contribution < -0.4 is 0 Å². The maximum atomic E-state index is 10.9. The lowest BCUT2D eigenvalue weighted by atomic mass is 9.78. The van der Waals surface area contributed by atoms with Gasteiger partial charge in [-0.1, -0.05) is 131 Å². The fourth-order valence-corrected chi connectivity index (χ4v) is 4.15. The number of rotatable bonds is 13. The first-order chi connectivity index (χ1) is 13.6. The van der Waals surface area contributed by atoms with E-state index in [1.165, 1.54) is 82.6 Å². The third-order valence-electron chi connectivity index (χ3n) is 6.10. The zero-order chi connectivity index (χ0) is 21.9. The number of hydrogen-bond acceptors (Lipinski definition) is 1. The number of benzene rings is 1. The maximum absolute atomic E-state index is 10.9. The van der Waals surface area contributed by atoms with Crippen LogP contribution >= 0.6 is 0 Å². The molecular formula is C28H50O. The largest absolute Gasteiger partial charge is 0.507 e. The molecule has 0 aliphatic heterocycles. The number of phenolic OH excluding ortho intramolecular Hbond substituents is 1. The van der Waals surface area contributed by atoms with E-state index in [4.69, 9.17) is 0 Å². The Morgan fingerprint density at radius 3 is 1.28 bits per heavy atom. The molecule has 0 aliphatic carbocycles. The van der Waals surface area contributed by atoms with E-state index in [9.17, 15) is 5.11 Å². The summed E-state index contributed by atoms with van der Waals surface area (Å²) in [6, 6.07) is 4.51. The molecule has 29 heavy (non-hydrogen) atoms. The van der Waals surface area contributed by atoms with Crippen molar-refractivity contribution in [2.45, 2.75) is 143 Å². The average Bonchev–Trinajstić information content (AvgIpc) is 2.61. The van der Waals surface area contributed by atoms with Gasteiger partial charge in [-0.25, -0.2) is 0 Å². The van der Waals surface area contributed by atoms with Crippen molar-refractivity contribution in [1.82, 2.24) is 0 Å². The molecule has 0 unspecified atom stereocenters. The van der Waals surface area contributed by atoms with Gasteiger partial charge in [-0.05, 0) is 40.4 Å². The van der Waals surface area contributed by atoms with Gasteiger partial charge in [-0.2, -0.15) is 0 Å². The summed E-state index contributed by atoms with van der Waals surface area (Å²) in [4.78, 5) is 0. The fraction of sp³-hybridized carbons (Fsp3) is 0.786. The lowest BCUT2D eigenvalue weighted by Gasteiger charge is -2.28. The quantitative estimate of drug-likeness (QED) is 0.326. The molecule has 0 spiro atoms. The Hall–Kier alpha value is -0.980. The lowest BCUT2D eigenvalue weighted by molar-refractivity contribution is 0.422. The predicted molar refractivity (Wildman–Crippen MR) is 130 cm³/mol. The molecule has 0 atom stereocenters. The van der Waals surface area contributed by atoms with Crippen molar-refractivity contribution in [3.05, 3.63) is 28.8 Å². The zero-order valence-corrected chi connectivity index (χ0v) is 20.8. The first-order valence-electron chi connectivity index (χ1n) is 12.4. The summed E-state index contributed by atoms with van der Waals surface area (Å²) < 4.78 is 0. The van der Waals surface area contributed by atoms with Gasteiger partial charge in [0.1, 0.15) is 5.75 Å². The third kappa shape index (κ3) is 10.1. The van der Waals surface area contributed by atoms with E-state index in [1.807, 2.05) is 0 Å². The molecule has 0 bridgehead atoms. The van der Waals surface area contributed by atoms with Crippen molar-refractivity contribution in [3.63, 3.8) is 0 Å². The molecule has 0 saturated heterocycles. The van der Waals surface area contributed by atoms with Crippen LogP contribution in [0.3, 0.4) is 0 Å². The monoisotopic (exact) mass is 402 g/mol. The van der Waals surface area contributed by atoms with Crippen LogP contribution in [0.4, 0.5) is 0 Å². The molecule has 0 amide bonds. The minimum Gasteiger partial charge on any atom is -0.507 e. The van der Waals surface area contributed by atoms with Crippen molar-refractivity contribution in [1.29, 1.82) is 0 Å². The predicted octanol–water partition coefficient (Wildman–Crippen LogP) is 9.23. The molecule has 1 heteroatoms. The SMILES string of the molecule is CCCCCCCCCCCCCCc1cc(C(C)(C)C)c(O)c(C(C)(C)C)c1. The molecule has 1 rings (SSSR count). The van der Waals surface area contributed by atoms with Crippen molar-refractivity contribution < 1.29 is 5.11 Å². The van der Waals surface area contributed by atoms with E-state index in [-0.39, 0.29) is 10.8 Å². The van der Waals surface area contributed by atoms with Crippen LogP contribution in [0.15, 0.2) is 12.1 Å². The molecule has 1 nitrogen and oxygen atoms in total. The molecule has 0 radical (unpaired) electrons. The van der Waals surface area contributed by atoms with Gasteiger partial charge in [0.2, 0.25) is 0 Å². The van der Waals surface area contributed by atoms with Crippen molar-refractivity contribution in [3.8, 4) is 5.75 Å². The summed E-state index contributed by atoms with van der Waals surface area (Å²) in [7, 11) is 0. The van der Waals surface area contributed by atoms with Crippen LogP contribution in [-0.4, -0.2) is 5.11 Å². The normalized spacial score (nSPS) is 12.5. The van der Waals surface area contributed by atoms with Crippen LogP contribution in [0.2, 0.25) is 0 Å². The Bertz CT molecular complexity index is 536. The average molecular weight is 403 g/mol. The zero-order valence-electron chi connectivity index (χ0n) is 20.8. The highest BCUT2D eigenvalue weighted by atomic mass is 16.3. The number of phenols is 1. The smallest absolute Gasteiger partial charge is 0.123 e. The summed E-state index contributed by atoms with van der Waals surface area (Å²) in [5, 5.41) is 10.9. The molecule has 0 heterocycles. The topological polar surface area (TPSA) is 20.2 Å². The Morgan fingerprint density at radius 1 is 0.586 bits per heavy atom. The highest BCUT2D eigenvalue weighted by Gasteiger charge is 2.26. The van der Waals surface area contributed by atoms with E-state index in [2.05, 4.69) is 60.6 Å². The molecule has 0 aliphatic rings. The van der Waals surface area contributed by atoms with E-state index < -0.39 is 0 Å². The Kier molecular flexibility index (Phi) is 11.4. The van der Waals surface area contributed by atoms with Crippen molar-refractivity contribution in [2.24, 2.45) is 0 Å². The Labute approximate surface area is 182 Å². The van der Waals surface area contributed by atoms with Gasteiger partial charge in [0.05, 0.1) is 0 Å². The summed E-state index contributed by atoms with van der Waals surface area (Å²) >= 11 is 0. The number of aryl methyl sites for hydroxylation is 1. The van der Waals surface area contributed by atoms with Gasteiger partial charge in [0, 0.05) is 0 Å². The van der Waals surface area contributed by atoms with E-state index >= 15 is 0 Å². The molecule has 1 aromatic rings. The van der Waals surface area contributed by atoms with E-state index in [1.54, 1.807) is 0 Å². The fourth-order valence-electron chi connectivity index (χ4n) is 4.15. The van der Waals surface area contributed by atoms with Crippen LogP contribution in [0.1, 0.15) is 142 Å². The minimum atomic E-state index is -0.0311. The molecular weight excluding hydrogens is 352 g/mol.